The van der Waals surface area contributed by atoms with E-state index in [1.54, 1.807) is 0 Å². The first kappa shape index (κ1) is 54.0. The van der Waals surface area contributed by atoms with Gasteiger partial charge in [-0.15, -0.1) is 0 Å². The minimum absolute atomic E-state index is 0.224. The number of ether oxygens (including phenoxy) is 1. The van der Waals surface area contributed by atoms with Gasteiger partial charge >= 0.3 is 0 Å². The van der Waals surface area contributed by atoms with Gasteiger partial charge in [0.25, 0.3) is 0 Å². The van der Waals surface area contributed by atoms with Gasteiger partial charge in [-0.1, -0.05) is 174 Å². The predicted octanol–water partition coefficient (Wildman–Crippen LogP) is 8.85. The highest BCUT2D eigenvalue weighted by Crippen LogP contribution is 2.33. The zero-order valence-corrected chi connectivity index (χ0v) is 37.5. The smallest absolute Gasteiger partial charge is 0.245 e. The Morgan fingerprint density at radius 3 is 1.59 bits per heavy atom. The molecule has 0 saturated carbocycles. The maximum atomic E-state index is 14.1. The Kier molecular flexibility index (Phi) is 33.2. The predicted molar refractivity (Wildman–Crippen MR) is 237 cm³/mol. The summed E-state index contributed by atoms with van der Waals surface area (Å²) in [4.78, 5) is 41.1. The lowest BCUT2D eigenvalue weighted by Gasteiger charge is -2.51. The first-order chi connectivity index (χ1) is 28.1. The van der Waals surface area contributed by atoms with Gasteiger partial charge in [0.15, 0.2) is 0 Å². The molecule has 11 heteroatoms. The maximum Gasteiger partial charge on any atom is 0.245 e. The summed E-state index contributed by atoms with van der Waals surface area (Å²) in [5.41, 5.74) is 5.46. The number of aliphatic hydroxyl groups excluding tert-OH is 3. The normalized spacial score (nSPS) is 20.0. The van der Waals surface area contributed by atoms with Crippen LogP contribution in [0, 0.1) is 0 Å². The topological polar surface area (TPSA) is 174 Å². The van der Waals surface area contributed by atoms with Crippen LogP contribution in [0.2, 0.25) is 0 Å². The number of carbonyl (C=O) groups is 3. The van der Waals surface area contributed by atoms with Gasteiger partial charge in [0.1, 0.15) is 18.2 Å². The number of aliphatic hydroxyl groups is 3. The van der Waals surface area contributed by atoms with Crippen LogP contribution in [0.25, 0.3) is 0 Å². The highest BCUT2D eigenvalue weighted by Gasteiger charge is 2.52. The lowest BCUT2D eigenvalue weighted by atomic mass is 9.96. The van der Waals surface area contributed by atoms with Gasteiger partial charge in [0, 0.05) is 19.4 Å². The van der Waals surface area contributed by atoms with Gasteiger partial charge in [0.05, 0.1) is 19.3 Å². The van der Waals surface area contributed by atoms with E-state index in [2.05, 4.69) is 36.6 Å². The summed E-state index contributed by atoms with van der Waals surface area (Å²) in [6, 6.07) is -1.01. The molecule has 0 radical (unpaired) electrons. The van der Waals surface area contributed by atoms with Crippen LogP contribution in [0.4, 0.5) is 0 Å². The summed E-state index contributed by atoms with van der Waals surface area (Å²) < 4.78 is 6.22. The molecule has 0 spiro atoms. The molecule has 7 N–H and O–H groups in total. The highest BCUT2D eigenvalue weighted by molar-refractivity contribution is 5.88. The second kappa shape index (κ2) is 35.7. The zero-order valence-electron chi connectivity index (χ0n) is 37.5. The van der Waals surface area contributed by atoms with Gasteiger partial charge in [0.2, 0.25) is 23.6 Å². The molecule has 1 heterocycles. The number of unbranched alkanes of at least 4 members (excludes halogenated alkanes) is 26. The Labute approximate surface area is 354 Å². The standard InChI is InChI=1S/C47H90N4O7/c1-4-6-8-10-12-14-16-18-20-22-24-26-28-30-32-34-36-51(44(55)35-33-31-29-27-25-23-21-19-17-15-13-11-9-7-5-2)47(37-41(53)45(56)42(39-52)58-47)50-46(57)40(3)49-43(54)38-48/h19,21,40-42,45,52-53,56H,4-18,20,22-39,48H2,1-3H3,(H,49,54)(H,50,57)/t40-,41+,42+,45-,47-/m0/s1. The van der Waals surface area contributed by atoms with Crippen molar-refractivity contribution < 1.29 is 34.4 Å². The van der Waals surface area contributed by atoms with Crippen molar-refractivity contribution in [1.82, 2.24) is 15.5 Å². The van der Waals surface area contributed by atoms with Crippen LogP contribution >= 0.6 is 0 Å². The van der Waals surface area contributed by atoms with E-state index in [9.17, 15) is 29.7 Å². The lowest BCUT2D eigenvalue weighted by Crippen LogP contribution is -2.72. The third-order valence-electron chi connectivity index (χ3n) is 11.7. The van der Waals surface area contributed by atoms with Crippen molar-refractivity contribution >= 4 is 17.7 Å². The molecule has 0 unspecified atom stereocenters. The van der Waals surface area contributed by atoms with Crippen LogP contribution in [0.3, 0.4) is 0 Å². The quantitative estimate of drug-likeness (QED) is 0.0204. The van der Waals surface area contributed by atoms with Crippen molar-refractivity contribution in [2.75, 3.05) is 19.7 Å². The Balaban J connectivity index is 2.76. The second-order valence-electron chi connectivity index (χ2n) is 17.1. The second-order valence-corrected chi connectivity index (χ2v) is 17.1. The first-order valence-corrected chi connectivity index (χ1v) is 24.1. The van der Waals surface area contributed by atoms with Crippen LogP contribution in [-0.4, -0.2) is 87.8 Å². The number of amides is 3. The summed E-state index contributed by atoms with van der Waals surface area (Å²) >= 11 is 0. The van der Waals surface area contributed by atoms with E-state index < -0.39 is 48.6 Å². The summed E-state index contributed by atoms with van der Waals surface area (Å²) in [5, 5.41) is 37.1. The van der Waals surface area contributed by atoms with Crippen LogP contribution in [-0.2, 0) is 19.1 Å². The van der Waals surface area contributed by atoms with Gasteiger partial charge in [-0.2, -0.15) is 0 Å². The fourth-order valence-electron chi connectivity index (χ4n) is 7.96. The number of allylic oxidation sites excluding steroid dienone is 2. The number of rotatable bonds is 38. The van der Waals surface area contributed by atoms with E-state index >= 15 is 0 Å². The molecule has 1 fully saturated rings. The molecule has 1 aliphatic heterocycles. The molecule has 5 atom stereocenters. The number of hydrogen-bond donors (Lipinski definition) is 6. The van der Waals surface area contributed by atoms with Crippen molar-refractivity contribution in [2.45, 2.75) is 250 Å². The molecule has 58 heavy (non-hydrogen) atoms. The molecular formula is C47H90N4O7. The highest BCUT2D eigenvalue weighted by atomic mass is 16.6. The third kappa shape index (κ3) is 24.9. The summed E-state index contributed by atoms with van der Waals surface area (Å²) in [5.74, 6) is -3.19. The van der Waals surface area contributed by atoms with Crippen molar-refractivity contribution in [3.8, 4) is 0 Å². The number of nitrogens with two attached hydrogens (primary N) is 1. The van der Waals surface area contributed by atoms with E-state index in [1.807, 2.05) is 0 Å². The molecule has 1 rings (SSSR count). The van der Waals surface area contributed by atoms with Crippen molar-refractivity contribution in [2.24, 2.45) is 5.73 Å². The molecule has 0 aliphatic carbocycles. The van der Waals surface area contributed by atoms with E-state index in [4.69, 9.17) is 10.5 Å². The van der Waals surface area contributed by atoms with E-state index in [0.29, 0.717) is 12.8 Å². The van der Waals surface area contributed by atoms with Crippen LogP contribution in [0.5, 0.6) is 0 Å². The van der Waals surface area contributed by atoms with Gasteiger partial charge in [-0.3, -0.25) is 19.3 Å². The molecular weight excluding hydrogens is 733 g/mol. The molecule has 1 aliphatic rings. The fraction of sp³-hybridized carbons (Fsp3) is 0.894. The van der Waals surface area contributed by atoms with Gasteiger partial charge in [-0.05, 0) is 45.4 Å². The Hall–Kier alpha value is -2.05. The van der Waals surface area contributed by atoms with Gasteiger partial charge in [-0.25, -0.2) is 0 Å². The Bertz CT molecular complexity index is 1060. The fourth-order valence-corrected chi connectivity index (χ4v) is 7.96. The van der Waals surface area contributed by atoms with E-state index in [-0.39, 0.29) is 31.8 Å². The average molecular weight is 823 g/mol. The van der Waals surface area contributed by atoms with Crippen LogP contribution in [0.1, 0.15) is 220 Å². The molecule has 340 valence electrons. The van der Waals surface area contributed by atoms with Crippen LogP contribution < -0.4 is 16.4 Å². The summed E-state index contributed by atoms with van der Waals surface area (Å²) in [7, 11) is 0. The summed E-state index contributed by atoms with van der Waals surface area (Å²) in [6.07, 6.45) is 35.0. The Morgan fingerprint density at radius 1 is 0.707 bits per heavy atom. The number of nitrogens with zero attached hydrogens (tertiary/aromatic N) is 1. The number of nitrogens with one attached hydrogen (secondary N) is 2. The minimum Gasteiger partial charge on any atom is -0.394 e. The van der Waals surface area contributed by atoms with Crippen molar-refractivity contribution in [1.29, 1.82) is 0 Å². The zero-order chi connectivity index (χ0) is 42.7. The van der Waals surface area contributed by atoms with Crippen molar-refractivity contribution in [3.05, 3.63) is 12.2 Å². The van der Waals surface area contributed by atoms with Gasteiger partial charge < -0.3 is 36.4 Å². The van der Waals surface area contributed by atoms with Crippen molar-refractivity contribution in [3.63, 3.8) is 0 Å². The molecule has 0 aromatic heterocycles. The molecule has 0 bridgehead atoms. The number of carbonyl (C=O) groups excluding carboxylic acids is 3. The molecule has 3 amide bonds. The number of hydrogen-bond acceptors (Lipinski definition) is 8. The van der Waals surface area contributed by atoms with E-state index in [1.165, 1.54) is 127 Å². The molecule has 0 aromatic carbocycles. The van der Waals surface area contributed by atoms with Crippen LogP contribution in [0.15, 0.2) is 12.2 Å². The SMILES string of the molecule is CCCCCCCCC=CCCCCCCCC(=O)N(CCCCCCCCCCCCCCCCCC)[C@@]1(NC(=O)[C@H](C)NC(=O)CN)C[C@@H](O)[C@H](O)[C@@H](CO)O1. The largest absolute Gasteiger partial charge is 0.394 e. The van der Waals surface area contributed by atoms with E-state index in [0.717, 1.165) is 57.8 Å². The Morgan fingerprint density at radius 2 is 1.14 bits per heavy atom. The average Bonchev–Trinajstić information content (AvgIpc) is 3.21. The molecule has 1 saturated heterocycles. The molecule has 11 nitrogen and oxygen atoms in total. The first-order valence-electron chi connectivity index (χ1n) is 24.1. The molecule has 0 aromatic rings. The summed E-state index contributed by atoms with van der Waals surface area (Å²) in [6.45, 7) is 5.36. The maximum absolute atomic E-state index is 14.1. The monoisotopic (exact) mass is 823 g/mol. The minimum atomic E-state index is -1.82. The third-order valence-corrected chi connectivity index (χ3v) is 11.7. The lowest BCUT2D eigenvalue weighted by molar-refractivity contribution is -0.280.